The summed E-state index contributed by atoms with van der Waals surface area (Å²) in [7, 11) is 0. The van der Waals surface area contributed by atoms with Gasteiger partial charge in [0.2, 0.25) is 5.75 Å². The van der Waals surface area contributed by atoms with Crippen molar-refractivity contribution in [3.05, 3.63) is 16.7 Å². The first-order valence-electron chi connectivity index (χ1n) is 6.62. The van der Waals surface area contributed by atoms with Crippen LogP contribution in [0.1, 0.15) is 58.8 Å². The van der Waals surface area contributed by atoms with Crippen LogP contribution in [0.15, 0.2) is 0 Å². The van der Waals surface area contributed by atoms with Crippen LogP contribution in [-0.2, 0) is 9.53 Å². The van der Waals surface area contributed by atoms with Crippen LogP contribution in [0.5, 0.6) is 17.2 Å². The molecule has 0 aliphatic carbocycles. The lowest BCUT2D eigenvalue weighted by Gasteiger charge is -2.17. The van der Waals surface area contributed by atoms with Gasteiger partial charge in [-0.1, -0.05) is 0 Å². The summed E-state index contributed by atoms with van der Waals surface area (Å²) in [6.45, 7) is 4.53. The highest BCUT2D eigenvalue weighted by Crippen LogP contribution is 2.44. The van der Waals surface area contributed by atoms with E-state index in [2.05, 4.69) is 0 Å². The summed E-state index contributed by atoms with van der Waals surface area (Å²) in [5.74, 6) is -6.15. The minimum atomic E-state index is -1.06. The zero-order valence-corrected chi connectivity index (χ0v) is 13.1. The number of phenols is 2. The molecule has 23 heavy (non-hydrogen) atoms. The van der Waals surface area contributed by atoms with Gasteiger partial charge in [0.15, 0.2) is 23.1 Å². The zero-order valence-electron chi connectivity index (χ0n) is 13.1. The minimum Gasteiger partial charge on any atom is -0.504 e. The summed E-state index contributed by atoms with van der Waals surface area (Å²) < 4.78 is 9.52. The first-order chi connectivity index (χ1) is 10.6. The normalized spacial score (nSPS) is 10.1. The van der Waals surface area contributed by atoms with Gasteiger partial charge >= 0.3 is 11.9 Å². The molecule has 0 spiro atoms. The third-order valence-electron chi connectivity index (χ3n) is 2.83. The summed E-state index contributed by atoms with van der Waals surface area (Å²) >= 11 is 0. The molecule has 124 valence electrons. The largest absolute Gasteiger partial charge is 0.504 e. The molecule has 0 heterocycles. The molecule has 0 aliphatic rings. The molecule has 8 nitrogen and oxygen atoms in total. The van der Waals surface area contributed by atoms with Crippen LogP contribution in [0.4, 0.5) is 0 Å². The average molecular weight is 324 g/mol. The van der Waals surface area contributed by atoms with Crippen molar-refractivity contribution in [2.45, 2.75) is 27.7 Å². The van der Waals surface area contributed by atoms with Crippen LogP contribution in [0.25, 0.3) is 0 Å². The third kappa shape index (κ3) is 3.47. The molecule has 8 heteroatoms. The highest BCUT2D eigenvalue weighted by Gasteiger charge is 2.33. The molecule has 0 aliphatic heterocycles. The zero-order chi connectivity index (χ0) is 17.9. The van der Waals surface area contributed by atoms with Gasteiger partial charge in [-0.2, -0.15) is 0 Å². The number of ether oxygens (including phenoxy) is 2. The lowest BCUT2D eigenvalue weighted by Crippen LogP contribution is -2.18. The van der Waals surface area contributed by atoms with Crippen LogP contribution in [-0.4, -0.2) is 40.3 Å². The summed E-state index contributed by atoms with van der Waals surface area (Å²) in [6, 6.07) is 0. The van der Waals surface area contributed by atoms with Crippen LogP contribution in [0, 0.1) is 0 Å². The predicted molar refractivity (Wildman–Crippen MR) is 77.0 cm³/mol. The molecule has 1 rings (SSSR count). The van der Waals surface area contributed by atoms with Gasteiger partial charge in [-0.25, -0.2) is 4.79 Å². The fourth-order valence-corrected chi connectivity index (χ4v) is 2.03. The van der Waals surface area contributed by atoms with E-state index in [1.165, 1.54) is 6.92 Å². The quantitative estimate of drug-likeness (QED) is 0.362. The van der Waals surface area contributed by atoms with Crippen LogP contribution >= 0.6 is 0 Å². The Bertz CT molecular complexity index is 702. The van der Waals surface area contributed by atoms with Gasteiger partial charge in [-0.15, -0.1) is 0 Å². The Morgan fingerprint density at radius 3 is 1.78 bits per heavy atom. The van der Waals surface area contributed by atoms with Gasteiger partial charge in [0, 0.05) is 6.92 Å². The Labute approximate surface area is 131 Å². The Morgan fingerprint density at radius 1 is 0.870 bits per heavy atom. The molecule has 0 saturated carbocycles. The van der Waals surface area contributed by atoms with E-state index in [0.29, 0.717) is 0 Å². The smallest absolute Gasteiger partial charge is 0.339 e. The number of rotatable bonds is 5. The number of hydrogen-bond acceptors (Lipinski definition) is 8. The van der Waals surface area contributed by atoms with Crippen molar-refractivity contribution >= 4 is 23.5 Å². The van der Waals surface area contributed by atoms with Crippen LogP contribution < -0.4 is 4.74 Å². The van der Waals surface area contributed by atoms with Crippen molar-refractivity contribution in [1.29, 1.82) is 0 Å². The molecule has 0 atom stereocenters. The van der Waals surface area contributed by atoms with E-state index in [1.54, 1.807) is 0 Å². The number of Topliss-reactive ketones (excluding diaryl/α,β-unsaturated/α-hetero) is 2. The average Bonchev–Trinajstić information content (AvgIpc) is 2.42. The standard InChI is InChI=1S/C15H16O8/c1-5-22-15(21)11-9(6(2)16)12(19)13(20)14(23-8(4)18)10(11)7(3)17/h19-20H,5H2,1-4H3. The maximum atomic E-state index is 12.1. The van der Waals surface area contributed by atoms with E-state index in [0.717, 1.165) is 20.8 Å². The SMILES string of the molecule is CCOC(=O)c1c(C(C)=O)c(O)c(O)c(OC(C)=O)c1C(C)=O. The van der Waals surface area contributed by atoms with Gasteiger partial charge in [0.05, 0.1) is 23.3 Å². The lowest BCUT2D eigenvalue weighted by molar-refractivity contribution is -0.132. The number of aromatic hydroxyl groups is 2. The van der Waals surface area contributed by atoms with Gasteiger partial charge in [-0.3, -0.25) is 14.4 Å². The Hall–Kier alpha value is -2.90. The highest BCUT2D eigenvalue weighted by atomic mass is 16.5. The van der Waals surface area contributed by atoms with E-state index < -0.39 is 57.4 Å². The van der Waals surface area contributed by atoms with Gasteiger partial charge in [0.25, 0.3) is 0 Å². The third-order valence-corrected chi connectivity index (χ3v) is 2.83. The number of phenolic OH excluding ortho intramolecular Hbond substituents is 2. The number of carbonyl (C=O) groups is 4. The Kier molecular flexibility index (Phi) is 5.45. The topological polar surface area (TPSA) is 127 Å². The second-order valence-electron chi connectivity index (χ2n) is 4.58. The molecule has 0 saturated heterocycles. The van der Waals surface area contributed by atoms with Gasteiger partial charge < -0.3 is 19.7 Å². The molecule has 1 aromatic carbocycles. The Morgan fingerprint density at radius 2 is 1.39 bits per heavy atom. The number of carbonyl (C=O) groups excluding carboxylic acids is 4. The first-order valence-corrected chi connectivity index (χ1v) is 6.62. The van der Waals surface area contributed by atoms with Crippen LogP contribution in [0.2, 0.25) is 0 Å². The molecule has 0 unspecified atom stereocenters. The van der Waals surface area contributed by atoms with E-state index in [-0.39, 0.29) is 6.61 Å². The summed E-state index contributed by atoms with van der Waals surface area (Å²) in [6.07, 6.45) is 0. The van der Waals surface area contributed by atoms with E-state index in [1.807, 2.05) is 0 Å². The minimum absolute atomic E-state index is 0.0575. The van der Waals surface area contributed by atoms with Crippen molar-refractivity contribution in [1.82, 2.24) is 0 Å². The second-order valence-corrected chi connectivity index (χ2v) is 4.58. The monoisotopic (exact) mass is 324 g/mol. The van der Waals surface area contributed by atoms with E-state index in [4.69, 9.17) is 9.47 Å². The predicted octanol–water partition coefficient (Wildman–Crippen LogP) is 1.60. The molecular weight excluding hydrogens is 308 g/mol. The van der Waals surface area contributed by atoms with Gasteiger partial charge in [0.1, 0.15) is 0 Å². The molecule has 1 aromatic rings. The maximum absolute atomic E-state index is 12.1. The number of hydrogen-bond donors (Lipinski definition) is 2. The van der Waals surface area contributed by atoms with E-state index >= 15 is 0 Å². The highest BCUT2D eigenvalue weighted by molar-refractivity contribution is 6.16. The number of benzene rings is 1. The number of ketones is 2. The summed E-state index contributed by atoms with van der Waals surface area (Å²) in [4.78, 5) is 47.0. The van der Waals surface area contributed by atoms with E-state index in [9.17, 15) is 29.4 Å². The summed E-state index contributed by atoms with van der Waals surface area (Å²) in [5.41, 5.74) is -1.65. The fraction of sp³-hybridized carbons (Fsp3) is 0.333. The summed E-state index contributed by atoms with van der Waals surface area (Å²) in [5, 5.41) is 19.9. The van der Waals surface area contributed by atoms with Crippen molar-refractivity contribution in [2.75, 3.05) is 6.61 Å². The fourth-order valence-electron chi connectivity index (χ4n) is 2.03. The Balaban J connectivity index is 3.96. The van der Waals surface area contributed by atoms with Crippen molar-refractivity contribution in [3.63, 3.8) is 0 Å². The van der Waals surface area contributed by atoms with Crippen molar-refractivity contribution < 1.29 is 38.9 Å². The molecule has 0 amide bonds. The van der Waals surface area contributed by atoms with Crippen LogP contribution in [0.3, 0.4) is 0 Å². The number of esters is 2. The van der Waals surface area contributed by atoms with Crippen molar-refractivity contribution in [3.8, 4) is 17.2 Å². The molecule has 0 fully saturated rings. The second kappa shape index (κ2) is 6.91. The van der Waals surface area contributed by atoms with Gasteiger partial charge in [-0.05, 0) is 20.8 Å². The first kappa shape index (κ1) is 18.1. The molecular formula is C15H16O8. The molecule has 0 bridgehead atoms. The molecule has 0 radical (unpaired) electrons. The lowest BCUT2D eigenvalue weighted by atomic mass is 9.93. The molecule has 2 N–H and O–H groups in total. The maximum Gasteiger partial charge on any atom is 0.339 e. The molecule has 0 aromatic heterocycles. The van der Waals surface area contributed by atoms with Crippen molar-refractivity contribution in [2.24, 2.45) is 0 Å².